The zero-order valence-corrected chi connectivity index (χ0v) is 14.2. The van der Waals surface area contributed by atoms with Crippen LogP contribution < -0.4 is 10.6 Å². The van der Waals surface area contributed by atoms with Gasteiger partial charge >= 0.3 is 6.09 Å². The molecule has 0 radical (unpaired) electrons. The number of ether oxygens (including phenoxy) is 1. The Labute approximate surface area is 134 Å². The number of benzene rings is 1. The first-order chi connectivity index (χ1) is 10.5. The molecule has 0 unspecified atom stereocenters. The van der Waals surface area contributed by atoms with Gasteiger partial charge in [0.25, 0.3) is 0 Å². The second kappa shape index (κ2) is 10.2. The summed E-state index contributed by atoms with van der Waals surface area (Å²) in [7, 11) is 0. The van der Waals surface area contributed by atoms with E-state index in [0.717, 1.165) is 25.9 Å². The molecule has 4 nitrogen and oxygen atoms in total. The molecule has 1 amide bonds. The van der Waals surface area contributed by atoms with Crippen LogP contribution in [0.15, 0.2) is 30.3 Å². The Bertz CT molecular complexity index is 413. The van der Waals surface area contributed by atoms with Crippen LogP contribution in [0.25, 0.3) is 0 Å². The Morgan fingerprint density at radius 1 is 1.00 bits per heavy atom. The van der Waals surface area contributed by atoms with E-state index in [0.29, 0.717) is 6.54 Å². The number of rotatable bonds is 9. The van der Waals surface area contributed by atoms with Crippen LogP contribution in [-0.2, 0) is 11.3 Å². The molecule has 0 atom stereocenters. The van der Waals surface area contributed by atoms with Crippen molar-refractivity contribution < 1.29 is 9.53 Å². The number of carbonyl (C=O) groups excluding carboxylic acids is 1. The minimum absolute atomic E-state index is 0.322. The van der Waals surface area contributed by atoms with Crippen molar-refractivity contribution in [3.8, 4) is 0 Å². The minimum Gasteiger partial charge on any atom is -0.444 e. The first-order valence-corrected chi connectivity index (χ1v) is 8.19. The maximum atomic E-state index is 11.4. The molecule has 4 heteroatoms. The molecule has 2 N–H and O–H groups in total. The van der Waals surface area contributed by atoms with Crippen molar-refractivity contribution in [2.75, 3.05) is 13.1 Å². The molecule has 0 aliphatic heterocycles. The number of unbranched alkanes of at least 4 members (excludes halogenated alkanes) is 3. The Balaban J connectivity index is 1.89. The van der Waals surface area contributed by atoms with E-state index in [4.69, 9.17) is 4.74 Å². The molecule has 0 aliphatic carbocycles. The summed E-state index contributed by atoms with van der Waals surface area (Å²) in [5.41, 5.74) is 0.901. The third kappa shape index (κ3) is 10.2. The molecule has 0 bridgehead atoms. The molecule has 1 rings (SSSR count). The molecule has 0 aromatic heterocycles. The van der Waals surface area contributed by atoms with Gasteiger partial charge in [-0.3, -0.25) is 0 Å². The van der Waals surface area contributed by atoms with Gasteiger partial charge in [0.2, 0.25) is 0 Å². The summed E-state index contributed by atoms with van der Waals surface area (Å²) >= 11 is 0. The highest BCUT2D eigenvalue weighted by Crippen LogP contribution is 2.06. The summed E-state index contributed by atoms with van der Waals surface area (Å²) in [5.74, 6) is 0. The van der Waals surface area contributed by atoms with Gasteiger partial charge < -0.3 is 15.4 Å². The Kier molecular flexibility index (Phi) is 8.60. The number of carbonyl (C=O) groups is 1. The molecule has 1 aromatic carbocycles. The van der Waals surface area contributed by atoms with Gasteiger partial charge in [0.05, 0.1) is 0 Å². The highest BCUT2D eigenvalue weighted by atomic mass is 16.6. The fourth-order valence-electron chi connectivity index (χ4n) is 2.06. The molecule has 0 heterocycles. The number of hydrogen-bond acceptors (Lipinski definition) is 3. The highest BCUT2D eigenvalue weighted by molar-refractivity contribution is 5.67. The van der Waals surface area contributed by atoms with Crippen LogP contribution in [0, 0.1) is 0 Å². The van der Waals surface area contributed by atoms with Crippen LogP contribution in [0.2, 0.25) is 0 Å². The van der Waals surface area contributed by atoms with Crippen LogP contribution in [0.5, 0.6) is 0 Å². The molecular weight excluding hydrogens is 276 g/mol. The van der Waals surface area contributed by atoms with E-state index in [9.17, 15) is 4.79 Å². The van der Waals surface area contributed by atoms with Gasteiger partial charge in [0.15, 0.2) is 0 Å². The smallest absolute Gasteiger partial charge is 0.407 e. The van der Waals surface area contributed by atoms with E-state index in [1.54, 1.807) is 0 Å². The largest absolute Gasteiger partial charge is 0.444 e. The number of hydrogen-bond donors (Lipinski definition) is 2. The average Bonchev–Trinajstić information content (AvgIpc) is 2.44. The van der Waals surface area contributed by atoms with Crippen molar-refractivity contribution in [1.29, 1.82) is 0 Å². The van der Waals surface area contributed by atoms with Gasteiger partial charge in [-0.05, 0) is 45.7 Å². The predicted octanol–water partition coefficient (Wildman–Crippen LogP) is 3.86. The van der Waals surface area contributed by atoms with Crippen molar-refractivity contribution >= 4 is 6.09 Å². The SMILES string of the molecule is CC(C)(C)OC(=O)NCCCCCCNCc1ccccc1. The molecule has 0 saturated heterocycles. The molecule has 0 fully saturated rings. The van der Waals surface area contributed by atoms with Crippen LogP contribution in [0.3, 0.4) is 0 Å². The zero-order valence-electron chi connectivity index (χ0n) is 14.2. The lowest BCUT2D eigenvalue weighted by Crippen LogP contribution is -2.32. The summed E-state index contributed by atoms with van der Waals surface area (Å²) in [4.78, 5) is 11.4. The second-order valence-corrected chi connectivity index (χ2v) is 6.51. The molecule has 124 valence electrons. The van der Waals surface area contributed by atoms with E-state index in [1.165, 1.54) is 18.4 Å². The Morgan fingerprint density at radius 2 is 1.64 bits per heavy atom. The number of amides is 1. The first kappa shape index (κ1) is 18.5. The summed E-state index contributed by atoms with van der Waals surface area (Å²) in [6.45, 7) is 8.26. The molecular formula is C18H30N2O2. The van der Waals surface area contributed by atoms with Crippen LogP contribution in [0.1, 0.15) is 52.0 Å². The van der Waals surface area contributed by atoms with Crippen molar-refractivity contribution in [1.82, 2.24) is 10.6 Å². The first-order valence-electron chi connectivity index (χ1n) is 8.19. The van der Waals surface area contributed by atoms with Gasteiger partial charge in [-0.2, -0.15) is 0 Å². The number of alkyl carbamates (subject to hydrolysis) is 1. The lowest BCUT2D eigenvalue weighted by molar-refractivity contribution is 0.0527. The van der Waals surface area contributed by atoms with E-state index >= 15 is 0 Å². The average molecular weight is 306 g/mol. The third-order valence-corrected chi connectivity index (χ3v) is 3.12. The Morgan fingerprint density at radius 3 is 2.27 bits per heavy atom. The van der Waals surface area contributed by atoms with Gasteiger partial charge in [-0.25, -0.2) is 4.79 Å². The van der Waals surface area contributed by atoms with Crippen LogP contribution in [-0.4, -0.2) is 24.8 Å². The second-order valence-electron chi connectivity index (χ2n) is 6.51. The molecule has 1 aromatic rings. The van der Waals surface area contributed by atoms with Crippen molar-refractivity contribution in [2.45, 2.75) is 58.6 Å². The lowest BCUT2D eigenvalue weighted by atomic mass is 10.2. The van der Waals surface area contributed by atoms with Crippen molar-refractivity contribution in [3.63, 3.8) is 0 Å². The van der Waals surface area contributed by atoms with E-state index in [2.05, 4.69) is 34.9 Å². The zero-order chi connectivity index (χ0) is 16.3. The maximum Gasteiger partial charge on any atom is 0.407 e. The normalized spacial score (nSPS) is 11.2. The highest BCUT2D eigenvalue weighted by Gasteiger charge is 2.15. The topological polar surface area (TPSA) is 50.4 Å². The molecule has 22 heavy (non-hydrogen) atoms. The van der Waals surface area contributed by atoms with Crippen molar-refractivity contribution in [3.05, 3.63) is 35.9 Å². The van der Waals surface area contributed by atoms with Crippen LogP contribution >= 0.6 is 0 Å². The predicted molar refractivity (Wildman–Crippen MR) is 90.9 cm³/mol. The summed E-state index contributed by atoms with van der Waals surface area (Å²) in [6.07, 6.45) is 4.15. The fourth-order valence-corrected chi connectivity index (χ4v) is 2.06. The minimum atomic E-state index is -0.422. The molecule has 0 saturated carbocycles. The fraction of sp³-hybridized carbons (Fsp3) is 0.611. The summed E-state index contributed by atoms with van der Waals surface area (Å²) in [6, 6.07) is 10.4. The quantitative estimate of drug-likeness (QED) is 0.681. The van der Waals surface area contributed by atoms with Crippen LogP contribution in [0.4, 0.5) is 4.79 Å². The molecule has 0 aliphatic rings. The lowest BCUT2D eigenvalue weighted by Gasteiger charge is -2.19. The maximum absolute atomic E-state index is 11.4. The Hall–Kier alpha value is -1.55. The van der Waals surface area contributed by atoms with E-state index < -0.39 is 5.60 Å². The summed E-state index contributed by atoms with van der Waals surface area (Å²) in [5, 5.41) is 6.23. The van der Waals surface area contributed by atoms with Gasteiger partial charge in [-0.1, -0.05) is 43.2 Å². The monoisotopic (exact) mass is 306 g/mol. The third-order valence-electron chi connectivity index (χ3n) is 3.12. The van der Waals surface area contributed by atoms with Gasteiger partial charge in [0.1, 0.15) is 5.60 Å². The standard InChI is InChI=1S/C18H30N2O2/c1-18(2,3)22-17(21)20-14-10-5-4-9-13-19-15-16-11-7-6-8-12-16/h6-8,11-12,19H,4-5,9-10,13-15H2,1-3H3,(H,20,21). The molecule has 0 spiro atoms. The number of nitrogens with one attached hydrogen (secondary N) is 2. The van der Waals surface area contributed by atoms with Gasteiger partial charge in [-0.15, -0.1) is 0 Å². The van der Waals surface area contributed by atoms with E-state index in [-0.39, 0.29) is 6.09 Å². The van der Waals surface area contributed by atoms with E-state index in [1.807, 2.05) is 26.8 Å². The van der Waals surface area contributed by atoms with Crippen molar-refractivity contribution in [2.24, 2.45) is 0 Å². The summed E-state index contributed by atoms with van der Waals surface area (Å²) < 4.78 is 5.18. The van der Waals surface area contributed by atoms with Gasteiger partial charge in [0, 0.05) is 13.1 Å².